The number of nitrogens with one attached hydrogen (secondary N) is 2. The van der Waals surface area contributed by atoms with Crippen LogP contribution in [0.4, 0.5) is 24.8 Å². The number of alkyl halides is 3. The molecule has 4 nitrogen and oxygen atoms in total. The number of anilines is 2. The molecular formula is C17H18ClF3N4. The first kappa shape index (κ1) is 17.9. The molecule has 134 valence electrons. The van der Waals surface area contributed by atoms with Gasteiger partial charge in [-0.25, -0.2) is 9.97 Å². The van der Waals surface area contributed by atoms with Gasteiger partial charge in [-0.1, -0.05) is 30.5 Å². The molecule has 2 aromatic rings. The van der Waals surface area contributed by atoms with E-state index in [1.807, 2.05) is 0 Å². The Hall–Kier alpha value is -1.86. The molecular weight excluding hydrogens is 353 g/mol. The fourth-order valence-electron chi connectivity index (χ4n) is 2.92. The molecule has 1 saturated carbocycles. The zero-order valence-electron chi connectivity index (χ0n) is 13.4. The fourth-order valence-corrected chi connectivity index (χ4v) is 3.11. The third kappa shape index (κ3) is 4.83. The predicted octanol–water partition coefficient (Wildman–Crippen LogP) is 4.92. The van der Waals surface area contributed by atoms with Gasteiger partial charge in [0.1, 0.15) is 0 Å². The second-order valence-corrected chi connectivity index (χ2v) is 6.50. The number of hydrogen-bond acceptors (Lipinski definition) is 4. The Kier molecular flexibility index (Phi) is 5.44. The zero-order valence-corrected chi connectivity index (χ0v) is 14.2. The number of hydrogen-bond donors (Lipinski definition) is 2. The van der Waals surface area contributed by atoms with Crippen molar-refractivity contribution in [3.63, 3.8) is 0 Å². The Morgan fingerprint density at radius 1 is 1.20 bits per heavy atom. The Morgan fingerprint density at radius 2 is 1.96 bits per heavy atom. The van der Waals surface area contributed by atoms with E-state index in [0.29, 0.717) is 10.7 Å². The predicted molar refractivity (Wildman–Crippen MR) is 90.9 cm³/mol. The van der Waals surface area contributed by atoms with Crippen LogP contribution in [-0.4, -0.2) is 16.0 Å². The molecule has 1 aromatic carbocycles. The van der Waals surface area contributed by atoms with Crippen molar-refractivity contribution in [1.29, 1.82) is 0 Å². The van der Waals surface area contributed by atoms with E-state index in [2.05, 4.69) is 20.6 Å². The Bertz CT molecular complexity index is 730. The van der Waals surface area contributed by atoms with Crippen LogP contribution >= 0.6 is 11.6 Å². The van der Waals surface area contributed by atoms with E-state index in [9.17, 15) is 13.2 Å². The van der Waals surface area contributed by atoms with Gasteiger partial charge in [0.05, 0.1) is 0 Å². The quantitative estimate of drug-likeness (QED) is 0.784. The summed E-state index contributed by atoms with van der Waals surface area (Å²) < 4.78 is 40.1. The fraction of sp³-hybridized carbons (Fsp3) is 0.412. The topological polar surface area (TPSA) is 49.8 Å². The lowest BCUT2D eigenvalue weighted by atomic mass is 10.2. The van der Waals surface area contributed by atoms with E-state index in [0.717, 1.165) is 25.7 Å². The molecule has 1 fully saturated rings. The normalized spacial score (nSPS) is 15.5. The molecule has 1 heterocycles. The molecule has 3 rings (SSSR count). The van der Waals surface area contributed by atoms with Gasteiger partial charge in [-0.05, 0) is 31.0 Å². The summed E-state index contributed by atoms with van der Waals surface area (Å²) in [6.07, 6.45) is 0.907. The van der Waals surface area contributed by atoms with Gasteiger partial charge in [0.15, 0.2) is 5.69 Å². The van der Waals surface area contributed by atoms with Crippen LogP contribution in [0, 0.1) is 0 Å². The highest BCUT2D eigenvalue weighted by molar-refractivity contribution is 6.30. The van der Waals surface area contributed by atoms with Crippen LogP contribution in [0.3, 0.4) is 0 Å². The molecule has 0 radical (unpaired) electrons. The van der Waals surface area contributed by atoms with Crippen molar-refractivity contribution in [3.05, 3.63) is 46.7 Å². The molecule has 8 heteroatoms. The third-order valence-electron chi connectivity index (χ3n) is 4.15. The molecule has 25 heavy (non-hydrogen) atoms. The highest BCUT2D eigenvalue weighted by Crippen LogP contribution is 2.31. The van der Waals surface area contributed by atoms with E-state index in [1.54, 1.807) is 24.3 Å². The van der Waals surface area contributed by atoms with Gasteiger partial charge in [-0.15, -0.1) is 0 Å². The zero-order chi connectivity index (χ0) is 17.9. The SMILES string of the molecule is FC(F)(F)c1nc(Nc2cccc(Cl)c2)ncc1CNC1CCCC1. The minimum Gasteiger partial charge on any atom is -0.324 e. The summed E-state index contributed by atoms with van der Waals surface area (Å²) in [5.74, 6) is -0.112. The monoisotopic (exact) mass is 370 g/mol. The van der Waals surface area contributed by atoms with E-state index in [4.69, 9.17) is 11.6 Å². The van der Waals surface area contributed by atoms with Crippen LogP contribution in [0.5, 0.6) is 0 Å². The average molecular weight is 371 g/mol. The summed E-state index contributed by atoms with van der Waals surface area (Å²) in [6, 6.07) is 6.90. The molecule has 2 N–H and O–H groups in total. The van der Waals surface area contributed by atoms with Crippen LogP contribution in [-0.2, 0) is 12.7 Å². The van der Waals surface area contributed by atoms with Crippen molar-refractivity contribution in [2.75, 3.05) is 5.32 Å². The summed E-state index contributed by atoms with van der Waals surface area (Å²) in [7, 11) is 0. The smallest absolute Gasteiger partial charge is 0.324 e. The summed E-state index contributed by atoms with van der Waals surface area (Å²) >= 11 is 5.87. The van der Waals surface area contributed by atoms with Gasteiger partial charge in [-0.2, -0.15) is 13.2 Å². The minimum absolute atomic E-state index is 0.0519. The molecule has 0 bridgehead atoms. The highest BCUT2D eigenvalue weighted by atomic mass is 35.5. The molecule has 1 aliphatic carbocycles. The first-order chi connectivity index (χ1) is 11.9. The lowest BCUT2D eigenvalue weighted by Crippen LogP contribution is -2.27. The number of halogens is 4. The summed E-state index contributed by atoms with van der Waals surface area (Å²) in [6.45, 7) is 0.108. The van der Waals surface area contributed by atoms with E-state index < -0.39 is 11.9 Å². The standard InChI is InChI=1S/C17H18ClF3N4/c18-12-4-3-7-14(8-12)24-16-23-10-11(15(25-16)17(19,20)21)9-22-13-5-1-2-6-13/h3-4,7-8,10,13,22H,1-2,5-6,9H2,(H,23,24,25). The molecule has 0 amide bonds. The average Bonchev–Trinajstić information content (AvgIpc) is 3.06. The van der Waals surface area contributed by atoms with Crippen LogP contribution < -0.4 is 10.6 Å². The molecule has 1 aliphatic rings. The Labute approximate surface area is 148 Å². The molecule has 0 saturated heterocycles. The lowest BCUT2D eigenvalue weighted by Gasteiger charge is -2.16. The molecule has 0 spiro atoms. The largest absolute Gasteiger partial charge is 0.433 e. The number of benzene rings is 1. The van der Waals surface area contributed by atoms with Crippen LogP contribution in [0.2, 0.25) is 5.02 Å². The maximum Gasteiger partial charge on any atom is 0.433 e. The molecule has 0 aliphatic heterocycles. The lowest BCUT2D eigenvalue weighted by molar-refractivity contribution is -0.141. The maximum absolute atomic E-state index is 13.4. The highest BCUT2D eigenvalue weighted by Gasteiger charge is 2.36. The summed E-state index contributed by atoms with van der Waals surface area (Å²) in [5.41, 5.74) is -0.342. The van der Waals surface area contributed by atoms with E-state index in [1.165, 1.54) is 6.20 Å². The second-order valence-electron chi connectivity index (χ2n) is 6.06. The number of aromatic nitrogens is 2. The second kappa shape index (κ2) is 7.58. The van der Waals surface area contributed by atoms with Crippen molar-refractivity contribution >= 4 is 23.2 Å². The van der Waals surface area contributed by atoms with Gasteiger partial charge in [0.25, 0.3) is 0 Å². The van der Waals surface area contributed by atoms with Gasteiger partial charge in [0.2, 0.25) is 5.95 Å². The van der Waals surface area contributed by atoms with Crippen LogP contribution in [0.15, 0.2) is 30.5 Å². The van der Waals surface area contributed by atoms with E-state index >= 15 is 0 Å². The first-order valence-electron chi connectivity index (χ1n) is 8.11. The number of rotatable bonds is 5. The van der Waals surface area contributed by atoms with Gasteiger partial charge >= 0.3 is 6.18 Å². The van der Waals surface area contributed by atoms with Crippen molar-refractivity contribution < 1.29 is 13.2 Å². The van der Waals surface area contributed by atoms with Gasteiger partial charge in [-0.3, -0.25) is 0 Å². The van der Waals surface area contributed by atoms with Crippen molar-refractivity contribution in [3.8, 4) is 0 Å². The van der Waals surface area contributed by atoms with E-state index in [-0.39, 0.29) is 24.1 Å². The minimum atomic E-state index is -4.54. The van der Waals surface area contributed by atoms with Crippen molar-refractivity contribution in [2.45, 2.75) is 44.4 Å². The van der Waals surface area contributed by atoms with Crippen LogP contribution in [0.25, 0.3) is 0 Å². The molecule has 1 aromatic heterocycles. The molecule has 0 atom stereocenters. The Morgan fingerprint density at radius 3 is 2.64 bits per heavy atom. The summed E-state index contributed by atoms with van der Waals surface area (Å²) in [5, 5.41) is 6.39. The van der Waals surface area contributed by atoms with Crippen molar-refractivity contribution in [1.82, 2.24) is 15.3 Å². The summed E-state index contributed by atoms with van der Waals surface area (Å²) in [4.78, 5) is 7.70. The van der Waals surface area contributed by atoms with Gasteiger partial charge in [0, 0.05) is 35.1 Å². The first-order valence-corrected chi connectivity index (χ1v) is 8.49. The molecule has 0 unspecified atom stereocenters. The van der Waals surface area contributed by atoms with Crippen molar-refractivity contribution in [2.24, 2.45) is 0 Å². The Balaban J connectivity index is 1.79. The van der Waals surface area contributed by atoms with Crippen LogP contribution in [0.1, 0.15) is 36.9 Å². The third-order valence-corrected chi connectivity index (χ3v) is 4.39. The number of nitrogens with zero attached hydrogens (tertiary/aromatic N) is 2. The van der Waals surface area contributed by atoms with Gasteiger partial charge < -0.3 is 10.6 Å². The maximum atomic E-state index is 13.4.